The smallest absolute Gasteiger partial charge is 0.188 e. The summed E-state index contributed by atoms with van der Waals surface area (Å²) in [5.41, 5.74) is 2.33. The van der Waals surface area contributed by atoms with Crippen LogP contribution in [0.15, 0.2) is 46.5 Å². The van der Waals surface area contributed by atoms with E-state index in [4.69, 9.17) is 0 Å². The first-order chi connectivity index (χ1) is 8.32. The SMILES string of the molecule is C=NC(=C)Cc1ccc(N=C(C)S(C)(=O)=O)cc1. The van der Waals surface area contributed by atoms with Crippen LogP contribution in [0.1, 0.15) is 12.5 Å². The molecule has 0 saturated carbocycles. The summed E-state index contributed by atoms with van der Waals surface area (Å²) in [5.74, 6) is 0. The molecule has 0 bridgehead atoms. The van der Waals surface area contributed by atoms with Crippen molar-refractivity contribution in [3.8, 4) is 0 Å². The Labute approximate surface area is 108 Å². The van der Waals surface area contributed by atoms with Gasteiger partial charge in [0.2, 0.25) is 0 Å². The molecule has 0 heterocycles. The standard InChI is InChI=1S/C13H16N2O2S/c1-10(14-3)9-12-5-7-13(8-6-12)15-11(2)18(4,16)17/h5-8H,1,3,9H2,2,4H3. The van der Waals surface area contributed by atoms with Gasteiger partial charge < -0.3 is 0 Å². The maximum Gasteiger partial charge on any atom is 0.188 e. The van der Waals surface area contributed by atoms with Crippen molar-refractivity contribution in [3.05, 3.63) is 42.1 Å². The minimum Gasteiger partial charge on any atom is -0.269 e. The molecule has 0 aliphatic heterocycles. The molecule has 1 aromatic carbocycles. The lowest BCUT2D eigenvalue weighted by atomic mass is 10.1. The summed E-state index contributed by atoms with van der Waals surface area (Å²) in [6, 6.07) is 7.26. The molecular formula is C13H16N2O2S. The minimum atomic E-state index is -3.22. The second-order valence-electron chi connectivity index (χ2n) is 3.97. The van der Waals surface area contributed by atoms with Crippen molar-refractivity contribution in [3.63, 3.8) is 0 Å². The molecule has 0 aliphatic rings. The Balaban J connectivity index is 2.90. The van der Waals surface area contributed by atoms with E-state index in [1.54, 1.807) is 12.1 Å². The van der Waals surface area contributed by atoms with E-state index in [-0.39, 0.29) is 5.04 Å². The van der Waals surface area contributed by atoms with Gasteiger partial charge in [0.05, 0.1) is 5.69 Å². The van der Waals surface area contributed by atoms with Crippen molar-refractivity contribution in [2.45, 2.75) is 13.3 Å². The van der Waals surface area contributed by atoms with Gasteiger partial charge in [-0.3, -0.25) is 4.99 Å². The number of benzene rings is 1. The van der Waals surface area contributed by atoms with Gasteiger partial charge in [0.25, 0.3) is 0 Å². The van der Waals surface area contributed by atoms with Crippen LogP contribution >= 0.6 is 0 Å². The predicted octanol–water partition coefficient (Wildman–Crippen LogP) is 2.54. The van der Waals surface area contributed by atoms with Gasteiger partial charge in [-0.15, -0.1) is 0 Å². The van der Waals surface area contributed by atoms with Crippen molar-refractivity contribution in [2.24, 2.45) is 9.98 Å². The van der Waals surface area contributed by atoms with E-state index in [0.29, 0.717) is 17.8 Å². The van der Waals surface area contributed by atoms with Crippen LogP contribution in [-0.4, -0.2) is 26.4 Å². The van der Waals surface area contributed by atoms with E-state index in [1.165, 1.54) is 6.92 Å². The molecule has 4 nitrogen and oxygen atoms in total. The third kappa shape index (κ3) is 4.25. The zero-order chi connectivity index (χ0) is 13.8. The Morgan fingerprint density at radius 1 is 1.28 bits per heavy atom. The molecule has 1 rings (SSSR count). The third-order valence-electron chi connectivity index (χ3n) is 2.39. The van der Waals surface area contributed by atoms with Crippen LogP contribution < -0.4 is 0 Å². The summed E-state index contributed by atoms with van der Waals surface area (Å²) in [4.78, 5) is 7.78. The first kappa shape index (κ1) is 14.3. The topological polar surface area (TPSA) is 58.9 Å². The average Bonchev–Trinajstić information content (AvgIpc) is 2.30. The van der Waals surface area contributed by atoms with Crippen LogP contribution in [0.2, 0.25) is 0 Å². The summed E-state index contributed by atoms with van der Waals surface area (Å²) in [6.07, 6.45) is 1.76. The fraction of sp³-hybridized carbons (Fsp3) is 0.231. The van der Waals surface area contributed by atoms with E-state index in [9.17, 15) is 8.42 Å². The van der Waals surface area contributed by atoms with Gasteiger partial charge in [-0.1, -0.05) is 18.7 Å². The van der Waals surface area contributed by atoms with Gasteiger partial charge >= 0.3 is 0 Å². The van der Waals surface area contributed by atoms with Gasteiger partial charge in [-0.25, -0.2) is 13.4 Å². The molecule has 0 unspecified atom stereocenters. The van der Waals surface area contributed by atoms with E-state index in [0.717, 1.165) is 11.8 Å². The van der Waals surface area contributed by atoms with Crippen molar-refractivity contribution < 1.29 is 8.42 Å². The molecular weight excluding hydrogens is 248 g/mol. The number of nitrogens with zero attached hydrogens (tertiary/aromatic N) is 2. The Morgan fingerprint density at radius 3 is 2.28 bits per heavy atom. The third-order valence-corrected chi connectivity index (χ3v) is 3.56. The molecule has 0 saturated heterocycles. The van der Waals surface area contributed by atoms with Crippen molar-refractivity contribution in [2.75, 3.05) is 6.26 Å². The number of aliphatic imine (C=N–C) groups is 2. The van der Waals surface area contributed by atoms with Crippen LogP contribution in [0.25, 0.3) is 0 Å². The highest BCUT2D eigenvalue weighted by atomic mass is 32.2. The number of allylic oxidation sites excluding steroid dienone is 1. The number of hydrogen-bond donors (Lipinski definition) is 0. The Morgan fingerprint density at radius 2 is 1.83 bits per heavy atom. The quantitative estimate of drug-likeness (QED) is 0.620. The van der Waals surface area contributed by atoms with Gasteiger partial charge in [0, 0.05) is 18.4 Å². The van der Waals surface area contributed by atoms with E-state index >= 15 is 0 Å². The fourth-order valence-electron chi connectivity index (χ4n) is 1.24. The maximum atomic E-state index is 11.2. The molecule has 0 radical (unpaired) electrons. The van der Waals surface area contributed by atoms with Gasteiger partial charge in [0.1, 0.15) is 5.04 Å². The van der Waals surface area contributed by atoms with Gasteiger partial charge in [-0.2, -0.15) is 0 Å². The first-order valence-electron chi connectivity index (χ1n) is 5.31. The number of sulfone groups is 1. The van der Waals surface area contributed by atoms with E-state index < -0.39 is 9.84 Å². The molecule has 0 fully saturated rings. The Hall–Kier alpha value is -1.75. The highest BCUT2D eigenvalue weighted by molar-refractivity contribution is 8.05. The van der Waals surface area contributed by atoms with Crippen molar-refractivity contribution in [1.82, 2.24) is 0 Å². The zero-order valence-electron chi connectivity index (χ0n) is 10.5. The minimum absolute atomic E-state index is 0.104. The van der Waals surface area contributed by atoms with Crippen LogP contribution in [0, 0.1) is 0 Å². The lowest BCUT2D eigenvalue weighted by molar-refractivity contribution is 0.612. The molecule has 96 valence electrons. The molecule has 1 aromatic rings. The maximum absolute atomic E-state index is 11.2. The summed E-state index contributed by atoms with van der Waals surface area (Å²) < 4.78 is 22.5. The van der Waals surface area contributed by atoms with Crippen LogP contribution in [0.5, 0.6) is 0 Å². The molecule has 18 heavy (non-hydrogen) atoms. The lowest BCUT2D eigenvalue weighted by Crippen LogP contribution is -2.07. The van der Waals surface area contributed by atoms with Crippen LogP contribution in [0.4, 0.5) is 5.69 Å². The number of rotatable bonds is 4. The Kier molecular flexibility index (Phi) is 4.55. The van der Waals surface area contributed by atoms with Crippen molar-refractivity contribution in [1.29, 1.82) is 0 Å². The largest absolute Gasteiger partial charge is 0.269 e. The molecule has 5 heteroatoms. The normalized spacial score (nSPS) is 12.2. The summed E-state index contributed by atoms with van der Waals surface area (Å²) in [7, 11) is -3.22. The molecule has 0 amide bonds. The zero-order valence-corrected chi connectivity index (χ0v) is 11.4. The lowest BCUT2D eigenvalue weighted by Gasteiger charge is -2.02. The molecule has 0 aromatic heterocycles. The molecule has 0 aliphatic carbocycles. The first-order valence-corrected chi connectivity index (χ1v) is 7.21. The van der Waals surface area contributed by atoms with Gasteiger partial charge in [0.15, 0.2) is 9.84 Å². The summed E-state index contributed by atoms with van der Waals surface area (Å²) in [6.45, 7) is 8.62. The highest BCUT2D eigenvalue weighted by Gasteiger charge is 2.06. The second-order valence-corrected chi connectivity index (χ2v) is 6.11. The number of hydrogen-bond acceptors (Lipinski definition) is 4. The highest BCUT2D eigenvalue weighted by Crippen LogP contribution is 2.16. The van der Waals surface area contributed by atoms with Crippen LogP contribution in [0.3, 0.4) is 0 Å². The predicted molar refractivity (Wildman–Crippen MR) is 76.4 cm³/mol. The Bertz CT molecular complexity index is 584. The second kappa shape index (κ2) is 5.73. The van der Waals surface area contributed by atoms with E-state index in [2.05, 4.69) is 23.3 Å². The van der Waals surface area contributed by atoms with E-state index in [1.807, 2.05) is 12.1 Å². The molecule has 0 atom stereocenters. The monoisotopic (exact) mass is 264 g/mol. The van der Waals surface area contributed by atoms with Crippen molar-refractivity contribution >= 4 is 27.3 Å². The summed E-state index contributed by atoms with van der Waals surface area (Å²) in [5, 5.41) is 0.104. The molecule has 0 N–H and O–H groups in total. The summed E-state index contributed by atoms with van der Waals surface area (Å²) >= 11 is 0. The van der Waals surface area contributed by atoms with Gasteiger partial charge in [-0.05, 0) is 31.3 Å². The van der Waals surface area contributed by atoms with Crippen LogP contribution in [-0.2, 0) is 16.3 Å². The molecule has 0 spiro atoms. The average molecular weight is 264 g/mol. The fourth-order valence-corrected chi connectivity index (χ4v) is 1.52.